The first-order valence-electron chi connectivity index (χ1n) is 11.0. The molecule has 0 atom stereocenters. The van der Waals surface area contributed by atoms with E-state index >= 15 is 0 Å². The Labute approximate surface area is 145 Å². The van der Waals surface area contributed by atoms with E-state index in [0.717, 1.165) is 0 Å². The third-order valence-corrected chi connectivity index (χ3v) is 5.95. The molecule has 2 N–H and O–H groups in total. The zero-order chi connectivity index (χ0) is 16.0. The van der Waals surface area contributed by atoms with Crippen LogP contribution in [0.2, 0.25) is 0 Å². The Morgan fingerprint density at radius 2 is 0.522 bits per heavy atom. The second-order valence-corrected chi connectivity index (χ2v) is 8.14. The topological polar surface area (TPSA) is 24.1 Å². The van der Waals surface area contributed by atoms with Crippen LogP contribution in [0.1, 0.15) is 122 Å². The fourth-order valence-corrected chi connectivity index (χ4v) is 4.32. The van der Waals surface area contributed by atoms with Crippen LogP contribution in [0, 0.1) is 0 Å². The summed E-state index contributed by atoms with van der Waals surface area (Å²) in [5.74, 6) is 0. The van der Waals surface area contributed by atoms with Crippen molar-refractivity contribution in [3.8, 4) is 0 Å². The Morgan fingerprint density at radius 1 is 0.304 bits per heavy atom. The molecule has 2 nitrogen and oxygen atoms in total. The van der Waals surface area contributed by atoms with Crippen LogP contribution >= 0.6 is 0 Å². The SMILES string of the molecule is C1CCCCCC(NNC2CCCCCCCCC2)CCCC1. The average Bonchev–Trinajstić information content (AvgIpc) is 2.64. The Kier molecular flexibility index (Phi) is 11.1. The van der Waals surface area contributed by atoms with Crippen molar-refractivity contribution in [1.29, 1.82) is 0 Å². The lowest BCUT2D eigenvalue weighted by Crippen LogP contribution is -2.46. The first-order chi connectivity index (χ1) is 11.4. The van der Waals surface area contributed by atoms with E-state index in [2.05, 4.69) is 10.9 Å². The summed E-state index contributed by atoms with van der Waals surface area (Å²) < 4.78 is 0. The second-order valence-electron chi connectivity index (χ2n) is 8.14. The van der Waals surface area contributed by atoms with Gasteiger partial charge in [-0.3, -0.25) is 10.9 Å². The van der Waals surface area contributed by atoms with Crippen molar-refractivity contribution in [3.63, 3.8) is 0 Å². The first kappa shape index (κ1) is 19.2. The summed E-state index contributed by atoms with van der Waals surface area (Å²) in [4.78, 5) is 0. The molecule has 0 spiro atoms. The predicted molar refractivity (Wildman–Crippen MR) is 102 cm³/mol. The number of hydrazine groups is 1. The van der Waals surface area contributed by atoms with Crippen molar-refractivity contribution in [2.45, 2.75) is 134 Å². The van der Waals surface area contributed by atoms with Gasteiger partial charge in [0.1, 0.15) is 0 Å². The summed E-state index contributed by atoms with van der Waals surface area (Å²) in [6.45, 7) is 0. The van der Waals surface area contributed by atoms with Crippen molar-refractivity contribution >= 4 is 0 Å². The molecule has 0 aromatic heterocycles. The van der Waals surface area contributed by atoms with E-state index in [9.17, 15) is 0 Å². The minimum atomic E-state index is 0.712. The smallest absolute Gasteiger partial charge is 0.0213 e. The summed E-state index contributed by atoms with van der Waals surface area (Å²) in [6.07, 6.45) is 27.2. The highest BCUT2D eigenvalue weighted by Gasteiger charge is 2.13. The van der Waals surface area contributed by atoms with Crippen molar-refractivity contribution in [3.05, 3.63) is 0 Å². The lowest BCUT2D eigenvalue weighted by molar-refractivity contribution is 0.302. The van der Waals surface area contributed by atoms with Gasteiger partial charge in [-0.15, -0.1) is 0 Å². The monoisotopic (exact) mass is 322 g/mol. The molecule has 0 radical (unpaired) electrons. The summed E-state index contributed by atoms with van der Waals surface area (Å²) in [5, 5.41) is 0. The van der Waals surface area contributed by atoms with Crippen LogP contribution in [-0.2, 0) is 0 Å². The highest BCUT2D eigenvalue weighted by molar-refractivity contribution is 4.71. The minimum absolute atomic E-state index is 0.712. The van der Waals surface area contributed by atoms with Gasteiger partial charge in [0.05, 0.1) is 0 Å². The van der Waals surface area contributed by atoms with Crippen LogP contribution in [0.4, 0.5) is 0 Å². The fraction of sp³-hybridized carbons (Fsp3) is 1.00. The third-order valence-electron chi connectivity index (χ3n) is 5.95. The van der Waals surface area contributed by atoms with Gasteiger partial charge in [0, 0.05) is 12.1 Å². The van der Waals surface area contributed by atoms with Crippen LogP contribution in [0.3, 0.4) is 0 Å². The van der Waals surface area contributed by atoms with E-state index in [-0.39, 0.29) is 0 Å². The maximum absolute atomic E-state index is 3.76. The molecule has 0 unspecified atom stereocenters. The van der Waals surface area contributed by atoms with Gasteiger partial charge in [-0.2, -0.15) is 0 Å². The Bertz CT molecular complexity index is 245. The van der Waals surface area contributed by atoms with Crippen LogP contribution in [-0.4, -0.2) is 12.1 Å². The van der Waals surface area contributed by atoms with Crippen molar-refractivity contribution in [2.24, 2.45) is 0 Å². The van der Waals surface area contributed by atoms with E-state index in [0.29, 0.717) is 12.1 Å². The zero-order valence-corrected chi connectivity index (χ0v) is 15.6. The van der Waals surface area contributed by atoms with Gasteiger partial charge in [0.2, 0.25) is 0 Å². The molecule has 2 aliphatic rings. The molecule has 0 bridgehead atoms. The molecule has 2 heteroatoms. The van der Waals surface area contributed by atoms with Crippen LogP contribution in [0.15, 0.2) is 0 Å². The number of hydrogen-bond donors (Lipinski definition) is 2. The fourth-order valence-electron chi connectivity index (χ4n) is 4.32. The molecule has 2 saturated carbocycles. The van der Waals surface area contributed by atoms with Gasteiger partial charge < -0.3 is 0 Å². The predicted octanol–water partition coefficient (Wildman–Crippen LogP) is 6.26. The molecular weight excluding hydrogens is 280 g/mol. The molecular formula is C21H42N2. The molecule has 0 amide bonds. The Balaban J connectivity index is 1.68. The van der Waals surface area contributed by atoms with Gasteiger partial charge in [0.15, 0.2) is 0 Å². The van der Waals surface area contributed by atoms with Gasteiger partial charge in [0.25, 0.3) is 0 Å². The quantitative estimate of drug-likeness (QED) is 0.599. The number of rotatable bonds is 3. The molecule has 0 aromatic rings. The van der Waals surface area contributed by atoms with Crippen molar-refractivity contribution < 1.29 is 0 Å². The van der Waals surface area contributed by atoms with Crippen molar-refractivity contribution in [1.82, 2.24) is 10.9 Å². The first-order valence-corrected chi connectivity index (χ1v) is 11.0. The Morgan fingerprint density at radius 3 is 0.783 bits per heavy atom. The summed E-state index contributed by atoms with van der Waals surface area (Å²) in [7, 11) is 0. The molecule has 0 aliphatic heterocycles. The molecule has 2 fully saturated rings. The summed E-state index contributed by atoms with van der Waals surface area (Å²) in [5.41, 5.74) is 7.52. The molecule has 2 rings (SSSR count). The molecule has 0 saturated heterocycles. The van der Waals surface area contributed by atoms with Gasteiger partial charge in [-0.1, -0.05) is 96.3 Å². The summed E-state index contributed by atoms with van der Waals surface area (Å²) >= 11 is 0. The molecule has 2 aliphatic carbocycles. The van der Waals surface area contributed by atoms with Gasteiger partial charge >= 0.3 is 0 Å². The minimum Gasteiger partial charge on any atom is -0.255 e. The van der Waals surface area contributed by atoms with E-state index in [1.54, 1.807) is 0 Å². The average molecular weight is 323 g/mol. The highest BCUT2D eigenvalue weighted by Crippen LogP contribution is 2.18. The van der Waals surface area contributed by atoms with Crippen LogP contribution < -0.4 is 10.9 Å². The molecule has 0 heterocycles. The maximum Gasteiger partial charge on any atom is 0.0213 e. The zero-order valence-electron chi connectivity index (χ0n) is 15.6. The van der Waals surface area contributed by atoms with Crippen LogP contribution in [0.5, 0.6) is 0 Å². The molecule has 23 heavy (non-hydrogen) atoms. The van der Waals surface area contributed by atoms with E-state index in [1.807, 2.05) is 0 Å². The van der Waals surface area contributed by atoms with E-state index in [4.69, 9.17) is 0 Å². The van der Waals surface area contributed by atoms with Crippen molar-refractivity contribution in [2.75, 3.05) is 0 Å². The Hall–Kier alpha value is -0.0800. The lowest BCUT2D eigenvalue weighted by Gasteiger charge is -2.25. The number of nitrogens with one attached hydrogen (secondary N) is 2. The lowest BCUT2D eigenvalue weighted by atomic mass is 9.98. The third kappa shape index (κ3) is 9.72. The highest BCUT2D eigenvalue weighted by atomic mass is 15.4. The van der Waals surface area contributed by atoms with E-state index < -0.39 is 0 Å². The summed E-state index contributed by atoms with van der Waals surface area (Å²) in [6, 6.07) is 1.43. The maximum atomic E-state index is 3.76. The van der Waals surface area contributed by atoms with Gasteiger partial charge in [-0.05, 0) is 25.7 Å². The van der Waals surface area contributed by atoms with E-state index in [1.165, 1.54) is 122 Å². The molecule has 0 aromatic carbocycles. The normalized spacial score (nSPS) is 25.6. The number of hydrogen-bond acceptors (Lipinski definition) is 2. The van der Waals surface area contributed by atoms with Crippen LogP contribution in [0.25, 0.3) is 0 Å². The molecule has 136 valence electrons. The largest absolute Gasteiger partial charge is 0.255 e. The second kappa shape index (κ2) is 13.2. The standard InChI is InChI=1S/C21H42N2/c1-2-5-9-13-17-20(16-12-8-4-1)22-23-21-18-14-10-6-3-7-11-15-19-21/h20-23H,1-19H2. The van der Waals surface area contributed by atoms with Gasteiger partial charge in [-0.25, -0.2) is 0 Å².